The lowest BCUT2D eigenvalue weighted by molar-refractivity contribution is -0.384. The second kappa shape index (κ2) is 8.66. The van der Waals surface area contributed by atoms with Crippen LogP contribution in [-0.2, 0) is 6.54 Å². The molecule has 0 bridgehead atoms. The normalized spacial score (nSPS) is 13.4. The number of rotatable bonds is 6. The summed E-state index contributed by atoms with van der Waals surface area (Å²) >= 11 is 3.51. The van der Waals surface area contributed by atoms with E-state index in [2.05, 4.69) is 26.3 Å². The van der Waals surface area contributed by atoms with Crippen molar-refractivity contribution < 1.29 is 9.72 Å². The van der Waals surface area contributed by atoms with Crippen molar-refractivity contribution in [1.82, 2.24) is 9.78 Å². The number of nitro groups is 1. The van der Waals surface area contributed by atoms with Gasteiger partial charge in [0.1, 0.15) is 11.5 Å². The van der Waals surface area contributed by atoms with Crippen molar-refractivity contribution in [3.05, 3.63) is 80.4 Å². The molecule has 3 aromatic rings. The molecule has 1 aromatic heterocycles. The van der Waals surface area contributed by atoms with Gasteiger partial charge in [-0.05, 0) is 36.6 Å². The number of hydrogen-bond donors (Lipinski definition) is 1. The van der Waals surface area contributed by atoms with E-state index in [-0.39, 0.29) is 11.3 Å². The van der Waals surface area contributed by atoms with Crippen molar-refractivity contribution in [3.63, 3.8) is 0 Å². The van der Waals surface area contributed by atoms with Gasteiger partial charge in [-0.25, -0.2) is 4.68 Å². The first-order chi connectivity index (χ1) is 14.5. The van der Waals surface area contributed by atoms with Gasteiger partial charge in [-0.15, -0.1) is 0 Å². The SMILES string of the molecule is O=C(Nc1ccnn1Cc1ccccc1Br)c1ccc(N2CCCC2)c([N+](=O)[O-])c1. The number of halogens is 1. The third-order valence-corrected chi connectivity index (χ3v) is 5.89. The van der Waals surface area contributed by atoms with Crippen LogP contribution < -0.4 is 10.2 Å². The zero-order valence-electron chi connectivity index (χ0n) is 16.1. The zero-order chi connectivity index (χ0) is 21.1. The molecule has 30 heavy (non-hydrogen) atoms. The number of carbonyl (C=O) groups excluding carboxylic acids is 1. The Balaban J connectivity index is 1.55. The quantitative estimate of drug-likeness (QED) is 0.424. The smallest absolute Gasteiger partial charge is 0.293 e. The van der Waals surface area contributed by atoms with Gasteiger partial charge in [0, 0.05) is 35.3 Å². The van der Waals surface area contributed by atoms with Crippen LogP contribution in [-0.4, -0.2) is 33.7 Å². The van der Waals surface area contributed by atoms with Crippen LogP contribution in [0.4, 0.5) is 17.2 Å². The molecule has 1 N–H and O–H groups in total. The predicted molar refractivity (Wildman–Crippen MR) is 118 cm³/mol. The van der Waals surface area contributed by atoms with E-state index in [1.807, 2.05) is 29.2 Å². The number of nitrogens with zero attached hydrogens (tertiary/aromatic N) is 4. The summed E-state index contributed by atoms with van der Waals surface area (Å²) in [5.41, 5.74) is 1.76. The second-order valence-corrected chi connectivity index (χ2v) is 7.93. The van der Waals surface area contributed by atoms with Gasteiger partial charge in [0.25, 0.3) is 11.6 Å². The van der Waals surface area contributed by atoms with E-state index >= 15 is 0 Å². The fourth-order valence-corrected chi connectivity index (χ4v) is 3.99. The molecule has 2 aromatic carbocycles. The van der Waals surface area contributed by atoms with Crippen LogP contribution in [0.15, 0.2) is 59.2 Å². The molecule has 2 heterocycles. The minimum Gasteiger partial charge on any atom is -0.366 e. The minimum atomic E-state index is -0.429. The number of nitrogens with one attached hydrogen (secondary N) is 1. The van der Waals surface area contributed by atoms with Crippen molar-refractivity contribution in [2.24, 2.45) is 0 Å². The number of nitro benzene ring substituents is 1. The fraction of sp³-hybridized carbons (Fsp3) is 0.238. The molecule has 0 saturated carbocycles. The predicted octanol–water partition coefficient (Wildman–Crippen LogP) is 4.45. The average Bonchev–Trinajstić information content (AvgIpc) is 3.42. The maximum absolute atomic E-state index is 12.8. The summed E-state index contributed by atoms with van der Waals surface area (Å²) in [5.74, 6) is 0.0991. The molecule has 1 amide bonds. The Morgan fingerprint density at radius 3 is 2.67 bits per heavy atom. The van der Waals surface area contributed by atoms with Crippen molar-refractivity contribution >= 4 is 39.0 Å². The Morgan fingerprint density at radius 2 is 1.93 bits per heavy atom. The Labute approximate surface area is 181 Å². The molecule has 4 rings (SSSR count). The van der Waals surface area contributed by atoms with Crippen LogP contribution in [0.3, 0.4) is 0 Å². The summed E-state index contributed by atoms with van der Waals surface area (Å²) in [6.07, 6.45) is 3.63. The van der Waals surface area contributed by atoms with Gasteiger partial charge in [0.05, 0.1) is 17.7 Å². The number of amides is 1. The summed E-state index contributed by atoms with van der Waals surface area (Å²) in [7, 11) is 0. The zero-order valence-corrected chi connectivity index (χ0v) is 17.7. The molecule has 1 aliphatic heterocycles. The third kappa shape index (κ3) is 4.20. The topological polar surface area (TPSA) is 93.3 Å². The van der Waals surface area contributed by atoms with Crippen molar-refractivity contribution in [1.29, 1.82) is 0 Å². The molecule has 0 spiro atoms. The second-order valence-electron chi connectivity index (χ2n) is 7.07. The summed E-state index contributed by atoms with van der Waals surface area (Å²) in [4.78, 5) is 25.9. The average molecular weight is 470 g/mol. The number of anilines is 2. The minimum absolute atomic E-state index is 0.0497. The van der Waals surface area contributed by atoms with Gasteiger partial charge in [-0.2, -0.15) is 5.10 Å². The first-order valence-corrected chi connectivity index (χ1v) is 10.4. The largest absolute Gasteiger partial charge is 0.366 e. The first-order valence-electron chi connectivity index (χ1n) is 9.63. The summed E-state index contributed by atoms with van der Waals surface area (Å²) < 4.78 is 2.62. The molecule has 1 aliphatic rings. The summed E-state index contributed by atoms with van der Waals surface area (Å²) in [5, 5.41) is 18.7. The van der Waals surface area contributed by atoms with Gasteiger partial charge in [-0.3, -0.25) is 14.9 Å². The lowest BCUT2D eigenvalue weighted by atomic mass is 10.1. The van der Waals surface area contributed by atoms with Gasteiger partial charge < -0.3 is 10.2 Å². The Morgan fingerprint density at radius 1 is 1.17 bits per heavy atom. The maximum atomic E-state index is 12.8. The molecular formula is C21H20BrN5O3. The monoisotopic (exact) mass is 469 g/mol. The highest BCUT2D eigenvalue weighted by Gasteiger charge is 2.24. The molecule has 9 heteroatoms. The molecule has 0 aliphatic carbocycles. The van der Waals surface area contributed by atoms with E-state index in [9.17, 15) is 14.9 Å². The Kier molecular flexibility index (Phi) is 5.80. The first kappa shape index (κ1) is 20.1. The number of benzene rings is 2. The van der Waals surface area contributed by atoms with E-state index < -0.39 is 10.8 Å². The van der Waals surface area contributed by atoms with Crippen molar-refractivity contribution in [2.45, 2.75) is 19.4 Å². The molecule has 1 saturated heterocycles. The van der Waals surface area contributed by atoms with E-state index in [0.717, 1.165) is 36.0 Å². The molecule has 154 valence electrons. The standard InChI is InChI=1S/C21H20BrN5O3/c22-17-6-2-1-5-16(17)14-26-20(9-10-23-26)24-21(28)15-7-8-18(19(13-15)27(29)30)25-11-3-4-12-25/h1-2,5-10,13H,3-4,11-12,14H2,(H,24,28). The van der Waals surface area contributed by atoms with Gasteiger partial charge in [0.15, 0.2) is 0 Å². The molecule has 0 unspecified atom stereocenters. The lowest BCUT2D eigenvalue weighted by Gasteiger charge is -2.18. The highest BCUT2D eigenvalue weighted by atomic mass is 79.9. The molecule has 1 fully saturated rings. The third-order valence-electron chi connectivity index (χ3n) is 5.12. The fourth-order valence-electron chi connectivity index (χ4n) is 3.58. The van der Waals surface area contributed by atoms with E-state index in [1.54, 1.807) is 29.1 Å². The number of carbonyl (C=O) groups is 1. The summed E-state index contributed by atoms with van der Waals surface area (Å²) in [6.45, 7) is 2.05. The van der Waals surface area contributed by atoms with Crippen LogP contribution in [0.25, 0.3) is 0 Å². The van der Waals surface area contributed by atoms with Crippen molar-refractivity contribution in [3.8, 4) is 0 Å². The van der Waals surface area contributed by atoms with E-state index in [0.29, 0.717) is 18.1 Å². The van der Waals surface area contributed by atoms with Gasteiger partial charge in [-0.1, -0.05) is 34.1 Å². The molecular weight excluding hydrogens is 450 g/mol. The van der Waals surface area contributed by atoms with Crippen LogP contribution in [0.5, 0.6) is 0 Å². The summed E-state index contributed by atoms with van der Waals surface area (Å²) in [6, 6.07) is 14.1. The number of hydrogen-bond acceptors (Lipinski definition) is 5. The van der Waals surface area contributed by atoms with Crippen molar-refractivity contribution in [2.75, 3.05) is 23.3 Å². The van der Waals surface area contributed by atoms with E-state index in [4.69, 9.17) is 0 Å². The van der Waals surface area contributed by atoms with Crippen LogP contribution in [0.1, 0.15) is 28.8 Å². The molecule has 8 nitrogen and oxygen atoms in total. The van der Waals surface area contributed by atoms with Gasteiger partial charge >= 0.3 is 0 Å². The van der Waals surface area contributed by atoms with E-state index in [1.165, 1.54) is 6.07 Å². The maximum Gasteiger partial charge on any atom is 0.293 e. The van der Waals surface area contributed by atoms with Crippen LogP contribution in [0.2, 0.25) is 0 Å². The van der Waals surface area contributed by atoms with Gasteiger partial charge in [0.2, 0.25) is 0 Å². The Bertz CT molecular complexity index is 1090. The highest BCUT2D eigenvalue weighted by molar-refractivity contribution is 9.10. The number of aromatic nitrogens is 2. The Hall–Kier alpha value is -3.20. The van der Waals surface area contributed by atoms with Crippen LogP contribution >= 0.6 is 15.9 Å². The highest BCUT2D eigenvalue weighted by Crippen LogP contribution is 2.32. The van der Waals surface area contributed by atoms with Crippen LogP contribution in [0, 0.1) is 10.1 Å². The molecule has 0 radical (unpaired) electrons. The lowest BCUT2D eigenvalue weighted by Crippen LogP contribution is -2.20. The molecule has 0 atom stereocenters.